The Hall–Kier alpha value is -5.81. The van der Waals surface area contributed by atoms with Crippen molar-refractivity contribution >= 4 is 40.0 Å². The Labute approximate surface area is 262 Å². The number of aryl methyl sites for hydroxylation is 2. The van der Waals surface area contributed by atoms with Crippen LogP contribution in [0.1, 0.15) is 34.8 Å². The second-order valence-electron chi connectivity index (χ2n) is 11.3. The molecule has 0 bridgehead atoms. The van der Waals surface area contributed by atoms with Crippen molar-refractivity contribution in [3.05, 3.63) is 145 Å². The van der Waals surface area contributed by atoms with Crippen LogP contribution in [0.25, 0.3) is 74.2 Å². The molecule has 216 valence electrons. The van der Waals surface area contributed by atoms with Crippen LogP contribution in [0.15, 0.2) is 116 Å². The van der Waals surface area contributed by atoms with Crippen molar-refractivity contribution in [2.45, 2.75) is 19.8 Å². The Bertz CT molecular complexity index is 2300. The fourth-order valence-electron chi connectivity index (χ4n) is 6.70. The van der Waals surface area contributed by atoms with Gasteiger partial charge < -0.3 is 9.13 Å². The molecule has 3 heterocycles. The van der Waals surface area contributed by atoms with Crippen LogP contribution in [0.4, 0.5) is 0 Å². The van der Waals surface area contributed by atoms with Crippen molar-refractivity contribution in [1.82, 2.24) is 24.1 Å². The summed E-state index contributed by atoms with van der Waals surface area (Å²) in [6.07, 6.45) is 10.5. The van der Waals surface area contributed by atoms with Gasteiger partial charge in [-0.25, -0.2) is 15.0 Å². The fraction of sp³-hybridized carbons (Fsp3) is 0.0750. The third kappa shape index (κ3) is 4.35. The normalized spacial score (nSPS) is 12.5. The van der Waals surface area contributed by atoms with E-state index in [-0.39, 0.29) is 0 Å². The van der Waals surface area contributed by atoms with Gasteiger partial charge in [0, 0.05) is 44.5 Å². The molecular weight excluding hydrogens is 550 g/mol. The lowest BCUT2D eigenvalue weighted by atomic mass is 10.0. The van der Waals surface area contributed by atoms with E-state index < -0.39 is 0 Å². The van der Waals surface area contributed by atoms with E-state index in [1.165, 1.54) is 22.2 Å². The van der Waals surface area contributed by atoms with Crippen molar-refractivity contribution in [3.63, 3.8) is 0 Å². The molecule has 0 atom stereocenters. The molecule has 1 aliphatic rings. The Morgan fingerprint density at radius 2 is 1.22 bits per heavy atom. The van der Waals surface area contributed by atoms with Gasteiger partial charge in [-0.05, 0) is 98.1 Å². The summed E-state index contributed by atoms with van der Waals surface area (Å²) in [6, 6.07) is 33.9. The molecule has 0 unspecified atom stereocenters. The van der Waals surface area contributed by atoms with E-state index in [0.29, 0.717) is 17.5 Å². The van der Waals surface area contributed by atoms with Crippen LogP contribution in [0.2, 0.25) is 0 Å². The first-order chi connectivity index (χ1) is 22.1. The van der Waals surface area contributed by atoms with E-state index in [2.05, 4.69) is 132 Å². The number of rotatable bonds is 6. The zero-order chi connectivity index (χ0) is 30.5. The Balaban J connectivity index is 1.15. The highest BCUT2D eigenvalue weighted by Crippen LogP contribution is 2.35. The molecule has 0 fully saturated rings. The van der Waals surface area contributed by atoms with Gasteiger partial charge in [0.05, 0.1) is 16.7 Å². The van der Waals surface area contributed by atoms with Gasteiger partial charge in [0.2, 0.25) is 0 Å². The van der Waals surface area contributed by atoms with Crippen LogP contribution in [-0.4, -0.2) is 24.1 Å². The van der Waals surface area contributed by atoms with Crippen molar-refractivity contribution in [2.24, 2.45) is 0 Å². The largest absolute Gasteiger partial charge is 0.310 e. The summed E-state index contributed by atoms with van der Waals surface area (Å²) >= 11 is 0. The highest BCUT2D eigenvalue weighted by Gasteiger charge is 2.19. The van der Waals surface area contributed by atoms with Gasteiger partial charge in [0.1, 0.15) is 5.82 Å². The number of hydrogen-bond acceptors (Lipinski definition) is 3. The van der Waals surface area contributed by atoms with Gasteiger partial charge in [0.15, 0.2) is 11.6 Å². The third-order valence-corrected chi connectivity index (χ3v) is 8.72. The summed E-state index contributed by atoms with van der Waals surface area (Å²) in [6.45, 7) is 10.1. The maximum atomic E-state index is 4.91. The maximum Gasteiger partial charge on any atom is 0.163 e. The smallest absolute Gasteiger partial charge is 0.163 e. The zero-order valence-electron chi connectivity index (χ0n) is 25.1. The van der Waals surface area contributed by atoms with Crippen LogP contribution in [0.5, 0.6) is 0 Å². The summed E-state index contributed by atoms with van der Waals surface area (Å²) in [5.74, 6) is 1.99. The maximum absolute atomic E-state index is 4.91. The topological polar surface area (TPSA) is 48.5 Å². The molecule has 0 aliphatic heterocycles. The number of benzene rings is 4. The number of para-hydroxylation sites is 2. The number of nitrogens with zero attached hydrogens (tertiary/aromatic N) is 5. The van der Waals surface area contributed by atoms with Crippen LogP contribution >= 0.6 is 0 Å². The van der Waals surface area contributed by atoms with E-state index in [1.54, 1.807) is 0 Å². The first-order valence-corrected chi connectivity index (χ1v) is 15.3. The van der Waals surface area contributed by atoms with Gasteiger partial charge in [-0.15, -0.1) is 0 Å². The Kier molecular flexibility index (Phi) is 6.38. The average Bonchev–Trinajstić information content (AvgIpc) is 3.60. The molecule has 8 rings (SSSR count). The van der Waals surface area contributed by atoms with Crippen molar-refractivity contribution in [3.8, 4) is 34.2 Å². The lowest BCUT2D eigenvalue weighted by molar-refractivity contribution is 0.967. The minimum atomic E-state index is 0.650. The first-order valence-electron chi connectivity index (χ1n) is 15.3. The lowest BCUT2D eigenvalue weighted by Gasteiger charge is -2.13. The van der Waals surface area contributed by atoms with Crippen molar-refractivity contribution < 1.29 is 0 Å². The molecule has 3 aromatic heterocycles. The molecule has 0 saturated carbocycles. The molecule has 45 heavy (non-hydrogen) atoms. The van der Waals surface area contributed by atoms with E-state index in [4.69, 9.17) is 15.0 Å². The molecule has 5 heteroatoms. The summed E-state index contributed by atoms with van der Waals surface area (Å²) < 4.78 is 4.58. The summed E-state index contributed by atoms with van der Waals surface area (Å²) in [7, 11) is 0. The number of fused-ring (bicyclic) bond motifs is 4. The first kappa shape index (κ1) is 26.8. The average molecular weight is 582 g/mol. The number of aromatic nitrogens is 5. The van der Waals surface area contributed by atoms with Crippen molar-refractivity contribution in [2.75, 3.05) is 0 Å². The molecule has 0 spiro atoms. The van der Waals surface area contributed by atoms with Gasteiger partial charge >= 0.3 is 0 Å². The monoisotopic (exact) mass is 581 g/mol. The fourth-order valence-corrected chi connectivity index (χ4v) is 6.70. The molecule has 0 N–H and O–H groups in total. The molecule has 5 nitrogen and oxygen atoms in total. The second-order valence-corrected chi connectivity index (χ2v) is 11.3. The van der Waals surface area contributed by atoms with E-state index in [1.807, 2.05) is 19.1 Å². The Morgan fingerprint density at radius 3 is 1.84 bits per heavy atom. The second kappa shape index (κ2) is 10.7. The summed E-state index contributed by atoms with van der Waals surface area (Å²) in [5, 5.41) is 2.48. The standard InChI is InChI=1S/C40H31N5/c1-4-31-32-12-6-9-15-36(32)44(35(31)5-2)29-22-18-27(19-23-29)39-41-26(3)42-40(43-39)28-20-24-30(25-21-28)45-37-16-10-7-13-33(37)34-14-8-11-17-38(34)45/h4-7,9-13,15-25H,1-2,8,14H2,3H3. The third-order valence-electron chi connectivity index (χ3n) is 8.72. The molecule has 0 amide bonds. The zero-order valence-corrected chi connectivity index (χ0v) is 25.1. The minimum absolute atomic E-state index is 0.650. The number of hydrogen-bond donors (Lipinski definition) is 0. The summed E-state index contributed by atoms with van der Waals surface area (Å²) in [5.41, 5.74) is 11.2. The summed E-state index contributed by atoms with van der Waals surface area (Å²) in [4.78, 5) is 14.3. The molecule has 1 aliphatic carbocycles. The minimum Gasteiger partial charge on any atom is -0.310 e. The van der Waals surface area contributed by atoms with Crippen LogP contribution in [0, 0.1) is 6.92 Å². The number of allylic oxidation sites excluding steroid dienone is 1. The molecule has 0 saturated heterocycles. The van der Waals surface area contributed by atoms with Gasteiger partial charge in [-0.1, -0.05) is 61.7 Å². The van der Waals surface area contributed by atoms with E-state index in [0.717, 1.165) is 57.5 Å². The molecular formula is C40H31N5. The van der Waals surface area contributed by atoms with Gasteiger partial charge in [-0.2, -0.15) is 0 Å². The van der Waals surface area contributed by atoms with Crippen LogP contribution in [-0.2, 0) is 6.42 Å². The SMILES string of the molecule is C=Cc1c(C=C)n(-c2ccc(-c3nc(C)nc(-c4ccc(-n5c6c(c7ccccc75)CCC=C6)cc4)n3)cc2)c2ccccc12. The molecule has 4 aromatic carbocycles. The van der Waals surface area contributed by atoms with Crippen LogP contribution < -0.4 is 0 Å². The highest BCUT2D eigenvalue weighted by atomic mass is 15.0. The predicted molar refractivity (Wildman–Crippen MR) is 187 cm³/mol. The highest BCUT2D eigenvalue weighted by molar-refractivity contribution is 5.95. The predicted octanol–water partition coefficient (Wildman–Crippen LogP) is 9.65. The van der Waals surface area contributed by atoms with Gasteiger partial charge in [-0.3, -0.25) is 0 Å². The lowest BCUT2D eigenvalue weighted by Crippen LogP contribution is -2.02. The van der Waals surface area contributed by atoms with Crippen molar-refractivity contribution in [1.29, 1.82) is 0 Å². The van der Waals surface area contributed by atoms with Crippen LogP contribution in [0.3, 0.4) is 0 Å². The van der Waals surface area contributed by atoms with E-state index >= 15 is 0 Å². The van der Waals surface area contributed by atoms with E-state index in [9.17, 15) is 0 Å². The van der Waals surface area contributed by atoms with Gasteiger partial charge in [0.25, 0.3) is 0 Å². The molecule has 0 radical (unpaired) electrons. The Morgan fingerprint density at radius 1 is 0.644 bits per heavy atom. The molecule has 7 aromatic rings. The quantitative estimate of drug-likeness (QED) is 0.196.